The molecule has 0 unspecified atom stereocenters. The van der Waals surface area contributed by atoms with Gasteiger partial charge in [-0.05, 0) is 6.42 Å². The number of primary amides is 1. The Hall–Kier alpha value is 0.470. The van der Waals surface area contributed by atoms with Crippen molar-refractivity contribution >= 4 is 35.5 Å². The van der Waals surface area contributed by atoms with E-state index in [2.05, 4.69) is 6.92 Å². The van der Waals surface area contributed by atoms with Crippen LogP contribution < -0.4 is 5.73 Å². The van der Waals surface area contributed by atoms with E-state index in [0.717, 1.165) is 19.3 Å². The van der Waals surface area contributed by atoms with Crippen molar-refractivity contribution in [2.75, 3.05) is 0 Å². The summed E-state index contributed by atoms with van der Waals surface area (Å²) >= 11 is 0. The van der Waals surface area contributed by atoms with Gasteiger partial charge in [0.1, 0.15) is 0 Å². The van der Waals surface area contributed by atoms with Crippen LogP contribution in [0.4, 0.5) is 0 Å². The average Bonchev–Trinajstić information content (AvgIpc) is 1.66. The summed E-state index contributed by atoms with van der Waals surface area (Å²) in [5.41, 5.74) is 4.89. The van der Waals surface area contributed by atoms with Gasteiger partial charge in [0.05, 0.1) is 0 Å². The van der Waals surface area contributed by atoms with Gasteiger partial charge in [-0.2, -0.15) is 0 Å². The molecule has 0 bridgehead atoms. The van der Waals surface area contributed by atoms with Crippen LogP contribution in [-0.4, -0.2) is 35.5 Å². The number of rotatable bonds is 4. The van der Waals surface area contributed by atoms with Crippen LogP contribution in [0.2, 0.25) is 0 Å². The molecule has 0 atom stereocenters. The molecule has 50 valence electrons. The molecule has 0 rings (SSSR count). The summed E-state index contributed by atoms with van der Waals surface area (Å²) in [5.74, 6) is -0.182. The molecule has 0 aliphatic rings. The second-order valence-corrected chi connectivity index (χ2v) is 1.92. The third-order valence-electron chi connectivity index (χ3n) is 1.03. The van der Waals surface area contributed by atoms with Crippen LogP contribution in [0, 0.1) is 0 Å². The van der Waals surface area contributed by atoms with E-state index in [9.17, 15) is 4.79 Å². The Balaban J connectivity index is 0. The molecular formula is C6H14NNaO. The van der Waals surface area contributed by atoms with Gasteiger partial charge in [0.25, 0.3) is 0 Å². The van der Waals surface area contributed by atoms with E-state index in [4.69, 9.17) is 5.73 Å². The third kappa shape index (κ3) is 11.8. The fraction of sp³-hybridized carbons (Fsp3) is 0.833. The van der Waals surface area contributed by atoms with Crippen LogP contribution in [0.5, 0.6) is 0 Å². The van der Waals surface area contributed by atoms with E-state index < -0.39 is 0 Å². The summed E-state index contributed by atoms with van der Waals surface area (Å²) in [5, 5.41) is 0. The second-order valence-electron chi connectivity index (χ2n) is 1.92. The summed E-state index contributed by atoms with van der Waals surface area (Å²) in [6.45, 7) is 2.10. The van der Waals surface area contributed by atoms with Crippen molar-refractivity contribution in [2.24, 2.45) is 5.73 Å². The Kier molecular flexibility index (Phi) is 11.5. The van der Waals surface area contributed by atoms with Gasteiger partial charge in [0, 0.05) is 6.42 Å². The Labute approximate surface area is 78.5 Å². The Morgan fingerprint density at radius 1 is 1.44 bits per heavy atom. The van der Waals surface area contributed by atoms with Crippen LogP contribution in [0.3, 0.4) is 0 Å². The van der Waals surface area contributed by atoms with Gasteiger partial charge in [-0.25, -0.2) is 0 Å². The predicted octanol–water partition coefficient (Wildman–Crippen LogP) is 0.404. The van der Waals surface area contributed by atoms with Crippen molar-refractivity contribution in [2.45, 2.75) is 32.6 Å². The number of hydrogen-bond donors (Lipinski definition) is 1. The number of carbonyl (C=O) groups is 1. The minimum atomic E-state index is -0.182. The fourth-order valence-electron chi connectivity index (χ4n) is 0.549. The van der Waals surface area contributed by atoms with Gasteiger partial charge >= 0.3 is 29.6 Å². The van der Waals surface area contributed by atoms with Gasteiger partial charge < -0.3 is 5.73 Å². The first-order chi connectivity index (χ1) is 3.77. The SMILES string of the molecule is CCCCCC(N)=O.[NaH]. The number of unbranched alkanes of at least 4 members (excludes halogenated alkanes) is 2. The Bertz CT molecular complexity index is 75.5. The maximum absolute atomic E-state index is 10.1. The molecule has 1 amide bonds. The molecular weight excluding hydrogens is 125 g/mol. The quantitative estimate of drug-likeness (QED) is 0.444. The molecule has 2 nitrogen and oxygen atoms in total. The molecule has 2 N–H and O–H groups in total. The van der Waals surface area contributed by atoms with Crippen molar-refractivity contribution in [1.82, 2.24) is 0 Å². The topological polar surface area (TPSA) is 43.1 Å². The third-order valence-corrected chi connectivity index (χ3v) is 1.03. The van der Waals surface area contributed by atoms with Crippen LogP contribution in [-0.2, 0) is 4.79 Å². The number of carbonyl (C=O) groups excluding carboxylic acids is 1. The molecule has 0 aliphatic heterocycles. The van der Waals surface area contributed by atoms with Crippen LogP contribution >= 0.6 is 0 Å². The van der Waals surface area contributed by atoms with Crippen molar-refractivity contribution < 1.29 is 4.79 Å². The van der Waals surface area contributed by atoms with E-state index >= 15 is 0 Å². The van der Waals surface area contributed by atoms with Crippen molar-refractivity contribution in [3.8, 4) is 0 Å². The summed E-state index contributed by atoms with van der Waals surface area (Å²) in [6, 6.07) is 0. The molecule has 3 heteroatoms. The first-order valence-corrected chi connectivity index (χ1v) is 3.05. The summed E-state index contributed by atoms with van der Waals surface area (Å²) in [4.78, 5) is 10.1. The standard InChI is InChI=1S/C6H13NO.Na.H/c1-2-3-4-5-6(7)8;;/h2-5H2,1H3,(H2,7,8);;. The molecule has 0 spiro atoms. The molecule has 9 heavy (non-hydrogen) atoms. The fourth-order valence-corrected chi connectivity index (χ4v) is 0.549. The zero-order chi connectivity index (χ0) is 6.41. The summed E-state index contributed by atoms with van der Waals surface area (Å²) in [6.07, 6.45) is 3.76. The maximum atomic E-state index is 10.1. The van der Waals surface area contributed by atoms with E-state index in [-0.39, 0.29) is 35.5 Å². The molecule has 0 fully saturated rings. The summed E-state index contributed by atoms with van der Waals surface area (Å²) in [7, 11) is 0. The predicted molar refractivity (Wildman–Crippen MR) is 40.5 cm³/mol. The van der Waals surface area contributed by atoms with E-state index in [1.54, 1.807) is 0 Å². The zero-order valence-electron chi connectivity index (χ0n) is 5.31. The Morgan fingerprint density at radius 2 is 2.00 bits per heavy atom. The van der Waals surface area contributed by atoms with Crippen LogP contribution in [0.25, 0.3) is 0 Å². The number of hydrogen-bond acceptors (Lipinski definition) is 1. The van der Waals surface area contributed by atoms with Crippen LogP contribution in [0.1, 0.15) is 32.6 Å². The molecule has 0 saturated carbocycles. The molecule has 0 saturated heterocycles. The monoisotopic (exact) mass is 139 g/mol. The Morgan fingerprint density at radius 3 is 2.33 bits per heavy atom. The van der Waals surface area contributed by atoms with Crippen molar-refractivity contribution in [3.63, 3.8) is 0 Å². The van der Waals surface area contributed by atoms with Gasteiger partial charge in [0.2, 0.25) is 5.91 Å². The summed E-state index contributed by atoms with van der Waals surface area (Å²) < 4.78 is 0. The molecule has 0 radical (unpaired) electrons. The average molecular weight is 139 g/mol. The normalized spacial score (nSPS) is 8.11. The van der Waals surface area contributed by atoms with Gasteiger partial charge in [-0.1, -0.05) is 19.8 Å². The van der Waals surface area contributed by atoms with Gasteiger partial charge in [-0.15, -0.1) is 0 Å². The van der Waals surface area contributed by atoms with Crippen molar-refractivity contribution in [1.29, 1.82) is 0 Å². The van der Waals surface area contributed by atoms with E-state index in [1.807, 2.05) is 0 Å². The first-order valence-electron chi connectivity index (χ1n) is 3.05. The van der Waals surface area contributed by atoms with Crippen molar-refractivity contribution in [3.05, 3.63) is 0 Å². The number of amides is 1. The second kappa shape index (κ2) is 8.47. The van der Waals surface area contributed by atoms with Crippen LogP contribution in [0.15, 0.2) is 0 Å². The van der Waals surface area contributed by atoms with Gasteiger partial charge in [-0.3, -0.25) is 4.79 Å². The molecule has 0 aromatic rings. The molecule has 0 heterocycles. The molecule has 0 aromatic carbocycles. The van der Waals surface area contributed by atoms with Gasteiger partial charge in [0.15, 0.2) is 0 Å². The first kappa shape index (κ1) is 12.2. The van der Waals surface area contributed by atoms with E-state index in [0.29, 0.717) is 6.42 Å². The zero-order valence-corrected chi connectivity index (χ0v) is 5.31. The molecule has 0 aliphatic carbocycles. The molecule has 0 aromatic heterocycles. The minimum absolute atomic E-state index is 0. The number of nitrogens with two attached hydrogens (primary N) is 1. The van der Waals surface area contributed by atoms with E-state index in [1.165, 1.54) is 0 Å².